The summed E-state index contributed by atoms with van der Waals surface area (Å²) in [6, 6.07) is 28.7. The zero-order chi connectivity index (χ0) is 27.7. The number of ether oxygens (including phenoxy) is 1. The smallest absolute Gasteiger partial charge is 0.287 e. The Labute approximate surface area is 235 Å². The van der Waals surface area contributed by atoms with Crippen molar-refractivity contribution in [3.8, 4) is 5.75 Å². The van der Waals surface area contributed by atoms with Crippen LogP contribution >= 0.6 is 0 Å². The van der Waals surface area contributed by atoms with Crippen molar-refractivity contribution in [3.05, 3.63) is 125 Å². The van der Waals surface area contributed by atoms with Crippen LogP contribution in [0.4, 0.5) is 4.39 Å². The highest BCUT2D eigenvalue weighted by Crippen LogP contribution is 2.20. The van der Waals surface area contributed by atoms with Gasteiger partial charge in [-0.1, -0.05) is 54.6 Å². The molecule has 0 radical (unpaired) electrons. The number of methoxy groups -OCH3 is 1. The van der Waals surface area contributed by atoms with Crippen LogP contribution in [0.3, 0.4) is 0 Å². The van der Waals surface area contributed by atoms with Crippen LogP contribution in [0.5, 0.6) is 5.75 Å². The second kappa shape index (κ2) is 13.4. The zero-order valence-corrected chi connectivity index (χ0v) is 22.9. The predicted octanol–water partition coefficient (Wildman–Crippen LogP) is 6.02. The second-order valence-electron chi connectivity index (χ2n) is 10.4. The first kappa shape index (κ1) is 27.6. The van der Waals surface area contributed by atoms with Gasteiger partial charge in [0.15, 0.2) is 5.76 Å². The van der Waals surface area contributed by atoms with Gasteiger partial charge in [-0.2, -0.15) is 0 Å². The number of carbonyl (C=O) groups excluding carboxylic acids is 1. The van der Waals surface area contributed by atoms with E-state index in [0.29, 0.717) is 31.2 Å². The lowest BCUT2D eigenvalue weighted by molar-refractivity contribution is 0.0876. The average Bonchev–Trinajstić information content (AvgIpc) is 3.43. The maximum atomic E-state index is 13.9. The summed E-state index contributed by atoms with van der Waals surface area (Å²) in [4.78, 5) is 17.6. The number of benzene rings is 3. The Morgan fingerprint density at radius 3 is 2.33 bits per heavy atom. The summed E-state index contributed by atoms with van der Waals surface area (Å²) in [5.41, 5.74) is 3.25. The third-order valence-electron chi connectivity index (χ3n) is 7.27. The molecule has 5 rings (SSSR count). The Morgan fingerprint density at radius 1 is 0.900 bits per heavy atom. The van der Waals surface area contributed by atoms with Crippen LogP contribution in [-0.2, 0) is 26.2 Å². The molecule has 1 N–H and O–H groups in total. The molecule has 0 saturated carbocycles. The average molecular weight is 542 g/mol. The van der Waals surface area contributed by atoms with Gasteiger partial charge in [-0.05, 0) is 65.9 Å². The van der Waals surface area contributed by atoms with Crippen LogP contribution < -0.4 is 10.1 Å². The SMILES string of the molecule is COc1cccc(CN(Cc2cccc(F)c2)Cc2ccc(C(=O)NC3CCN(Cc4ccccc4)CC3)o2)c1. The highest BCUT2D eigenvalue weighted by Gasteiger charge is 2.23. The monoisotopic (exact) mass is 541 g/mol. The standard InChI is InChI=1S/C33H36FN3O3/c1-39-30-12-6-10-27(20-30)23-37(22-26-9-5-11-28(34)19-26)24-31-13-14-32(40-31)33(38)35-29-15-17-36(18-16-29)21-25-7-3-2-4-8-25/h2-14,19-20,29H,15-18,21-24H2,1H3,(H,35,38). The van der Waals surface area contributed by atoms with Gasteiger partial charge in [0, 0.05) is 38.8 Å². The van der Waals surface area contributed by atoms with E-state index < -0.39 is 0 Å². The Bertz CT molecular complexity index is 1380. The van der Waals surface area contributed by atoms with E-state index in [-0.39, 0.29) is 17.8 Å². The predicted molar refractivity (Wildman–Crippen MR) is 153 cm³/mol. The molecule has 1 saturated heterocycles. The van der Waals surface area contributed by atoms with E-state index in [4.69, 9.17) is 9.15 Å². The lowest BCUT2D eigenvalue weighted by atomic mass is 10.0. The van der Waals surface area contributed by atoms with Gasteiger partial charge in [0.25, 0.3) is 5.91 Å². The highest BCUT2D eigenvalue weighted by molar-refractivity contribution is 5.91. The van der Waals surface area contributed by atoms with Crippen LogP contribution in [0.25, 0.3) is 0 Å². The fourth-order valence-corrected chi connectivity index (χ4v) is 5.23. The molecule has 1 aliphatic heterocycles. The highest BCUT2D eigenvalue weighted by atomic mass is 19.1. The molecule has 7 heteroatoms. The lowest BCUT2D eigenvalue weighted by Crippen LogP contribution is -2.44. The molecule has 0 spiro atoms. The van der Waals surface area contributed by atoms with Gasteiger partial charge in [-0.25, -0.2) is 4.39 Å². The molecule has 0 atom stereocenters. The molecular weight excluding hydrogens is 505 g/mol. The Morgan fingerprint density at radius 2 is 1.60 bits per heavy atom. The summed E-state index contributed by atoms with van der Waals surface area (Å²) in [5, 5.41) is 3.16. The first-order chi connectivity index (χ1) is 19.5. The minimum absolute atomic E-state index is 0.130. The molecule has 1 fully saturated rings. The van der Waals surface area contributed by atoms with Crippen LogP contribution in [0.15, 0.2) is 95.4 Å². The van der Waals surface area contributed by atoms with E-state index in [2.05, 4.69) is 39.4 Å². The number of piperidine rings is 1. The van der Waals surface area contributed by atoms with Gasteiger partial charge in [0.2, 0.25) is 0 Å². The number of rotatable bonds is 11. The van der Waals surface area contributed by atoms with E-state index in [9.17, 15) is 9.18 Å². The van der Waals surface area contributed by atoms with Crippen molar-refractivity contribution in [2.75, 3.05) is 20.2 Å². The molecule has 6 nitrogen and oxygen atoms in total. The minimum Gasteiger partial charge on any atom is -0.497 e. The van der Waals surface area contributed by atoms with Crippen molar-refractivity contribution < 1.29 is 18.3 Å². The van der Waals surface area contributed by atoms with Crippen molar-refractivity contribution in [2.45, 2.75) is 45.1 Å². The number of hydrogen-bond acceptors (Lipinski definition) is 5. The third-order valence-corrected chi connectivity index (χ3v) is 7.27. The number of amides is 1. The molecule has 2 heterocycles. The molecule has 0 bridgehead atoms. The maximum absolute atomic E-state index is 13.9. The molecule has 0 aliphatic carbocycles. The van der Waals surface area contributed by atoms with E-state index >= 15 is 0 Å². The third kappa shape index (κ3) is 7.81. The molecule has 4 aromatic rings. The van der Waals surface area contributed by atoms with Gasteiger partial charge in [0.1, 0.15) is 17.3 Å². The number of likely N-dealkylation sites (tertiary alicyclic amines) is 1. The van der Waals surface area contributed by atoms with Crippen LogP contribution in [-0.4, -0.2) is 41.9 Å². The second-order valence-corrected chi connectivity index (χ2v) is 10.4. The molecule has 1 aromatic heterocycles. The van der Waals surface area contributed by atoms with Gasteiger partial charge < -0.3 is 14.5 Å². The Balaban J connectivity index is 1.18. The van der Waals surface area contributed by atoms with E-state index in [1.54, 1.807) is 25.3 Å². The van der Waals surface area contributed by atoms with Crippen LogP contribution in [0.2, 0.25) is 0 Å². The number of nitrogens with one attached hydrogen (secondary N) is 1. The van der Waals surface area contributed by atoms with Crippen molar-refractivity contribution in [2.24, 2.45) is 0 Å². The van der Waals surface area contributed by atoms with Gasteiger partial charge in [0.05, 0.1) is 13.7 Å². The summed E-state index contributed by atoms with van der Waals surface area (Å²) in [7, 11) is 1.65. The molecule has 1 amide bonds. The first-order valence-electron chi connectivity index (χ1n) is 13.8. The number of furan rings is 1. The zero-order valence-electron chi connectivity index (χ0n) is 22.9. The largest absolute Gasteiger partial charge is 0.497 e. The molecule has 0 unspecified atom stereocenters. The summed E-state index contributed by atoms with van der Waals surface area (Å²) >= 11 is 0. The topological polar surface area (TPSA) is 58.0 Å². The molecule has 40 heavy (non-hydrogen) atoms. The van der Waals surface area contributed by atoms with Crippen molar-refractivity contribution >= 4 is 5.91 Å². The number of hydrogen-bond donors (Lipinski definition) is 1. The molecule has 3 aromatic carbocycles. The van der Waals surface area contributed by atoms with Gasteiger partial charge >= 0.3 is 0 Å². The van der Waals surface area contributed by atoms with Crippen LogP contribution in [0.1, 0.15) is 45.8 Å². The number of nitrogens with zero attached hydrogens (tertiary/aromatic N) is 2. The lowest BCUT2D eigenvalue weighted by Gasteiger charge is -2.32. The number of halogens is 1. The van der Waals surface area contributed by atoms with E-state index in [1.165, 1.54) is 11.6 Å². The van der Waals surface area contributed by atoms with Gasteiger partial charge in [-0.3, -0.25) is 14.6 Å². The Kier molecular flexibility index (Phi) is 9.26. The quantitative estimate of drug-likeness (QED) is 0.252. The normalized spacial score (nSPS) is 14.4. The van der Waals surface area contributed by atoms with Crippen molar-refractivity contribution in [1.82, 2.24) is 15.1 Å². The summed E-state index contributed by atoms with van der Waals surface area (Å²) in [6.45, 7) is 4.44. The number of carbonyl (C=O) groups is 1. The molecular formula is C33H36FN3O3. The summed E-state index contributed by atoms with van der Waals surface area (Å²) in [5.74, 6) is 1.33. The molecule has 1 aliphatic rings. The van der Waals surface area contributed by atoms with Crippen LogP contribution in [0, 0.1) is 5.82 Å². The molecule has 208 valence electrons. The Hall–Kier alpha value is -3.94. The first-order valence-corrected chi connectivity index (χ1v) is 13.8. The van der Waals surface area contributed by atoms with Crippen molar-refractivity contribution in [3.63, 3.8) is 0 Å². The van der Waals surface area contributed by atoms with Gasteiger partial charge in [-0.15, -0.1) is 0 Å². The summed E-state index contributed by atoms with van der Waals surface area (Å²) in [6.07, 6.45) is 1.82. The fraction of sp³-hybridized carbons (Fsp3) is 0.303. The maximum Gasteiger partial charge on any atom is 0.287 e. The fourth-order valence-electron chi connectivity index (χ4n) is 5.23. The van der Waals surface area contributed by atoms with Crippen molar-refractivity contribution in [1.29, 1.82) is 0 Å². The van der Waals surface area contributed by atoms with E-state index in [1.807, 2.05) is 42.5 Å². The minimum atomic E-state index is -0.262. The van der Waals surface area contributed by atoms with E-state index in [0.717, 1.165) is 49.4 Å². The summed E-state index contributed by atoms with van der Waals surface area (Å²) < 4.78 is 25.3.